The van der Waals surface area contributed by atoms with Gasteiger partial charge >= 0.3 is 5.97 Å². The highest BCUT2D eigenvalue weighted by Gasteiger charge is 2.35. The van der Waals surface area contributed by atoms with E-state index in [1.807, 2.05) is 6.92 Å². The molecule has 1 aromatic rings. The molecule has 0 spiro atoms. The van der Waals surface area contributed by atoms with Crippen molar-refractivity contribution in [3.8, 4) is 0 Å². The Morgan fingerprint density at radius 1 is 1.29 bits per heavy atom. The van der Waals surface area contributed by atoms with Gasteiger partial charge in [-0.2, -0.15) is 0 Å². The SMILES string of the molecule is CCc1ccc(C(=O)NCC2(CC(=O)O)CCCCC2)o1. The highest BCUT2D eigenvalue weighted by atomic mass is 16.4. The van der Waals surface area contributed by atoms with Gasteiger partial charge in [-0.3, -0.25) is 9.59 Å². The summed E-state index contributed by atoms with van der Waals surface area (Å²) in [5.74, 6) is 0.0219. The van der Waals surface area contributed by atoms with Gasteiger partial charge in [0.2, 0.25) is 0 Å². The zero-order valence-electron chi connectivity index (χ0n) is 12.5. The van der Waals surface area contributed by atoms with Gasteiger partial charge in [-0.1, -0.05) is 26.2 Å². The molecular weight excluding hydrogens is 270 g/mol. The molecule has 0 radical (unpaired) electrons. The lowest BCUT2D eigenvalue weighted by molar-refractivity contribution is -0.140. The van der Waals surface area contributed by atoms with Gasteiger partial charge in [0, 0.05) is 13.0 Å². The van der Waals surface area contributed by atoms with Crippen LogP contribution in [-0.4, -0.2) is 23.5 Å². The zero-order chi connectivity index (χ0) is 15.3. The maximum atomic E-state index is 12.1. The Morgan fingerprint density at radius 2 is 2.00 bits per heavy atom. The molecule has 0 aliphatic heterocycles. The largest absolute Gasteiger partial charge is 0.481 e. The van der Waals surface area contributed by atoms with E-state index in [2.05, 4.69) is 5.32 Å². The number of rotatable bonds is 6. The van der Waals surface area contributed by atoms with E-state index in [9.17, 15) is 9.59 Å². The number of carboxylic acid groups (broad SMARTS) is 1. The molecule has 1 fully saturated rings. The summed E-state index contributed by atoms with van der Waals surface area (Å²) in [7, 11) is 0. The molecule has 1 saturated carbocycles. The molecule has 5 heteroatoms. The lowest BCUT2D eigenvalue weighted by Crippen LogP contribution is -2.40. The van der Waals surface area contributed by atoms with Gasteiger partial charge in [-0.15, -0.1) is 0 Å². The van der Waals surface area contributed by atoms with Crippen molar-refractivity contribution in [2.75, 3.05) is 6.54 Å². The van der Waals surface area contributed by atoms with Crippen LogP contribution in [0.25, 0.3) is 0 Å². The van der Waals surface area contributed by atoms with Crippen LogP contribution in [-0.2, 0) is 11.2 Å². The van der Waals surface area contributed by atoms with E-state index >= 15 is 0 Å². The summed E-state index contributed by atoms with van der Waals surface area (Å²) in [6, 6.07) is 3.46. The molecule has 0 aromatic carbocycles. The van der Waals surface area contributed by atoms with E-state index in [1.54, 1.807) is 12.1 Å². The van der Waals surface area contributed by atoms with Crippen molar-refractivity contribution in [3.05, 3.63) is 23.7 Å². The molecule has 0 atom stereocenters. The fourth-order valence-corrected chi connectivity index (χ4v) is 3.08. The van der Waals surface area contributed by atoms with E-state index < -0.39 is 5.97 Å². The van der Waals surface area contributed by atoms with Crippen molar-refractivity contribution in [2.45, 2.75) is 51.9 Å². The van der Waals surface area contributed by atoms with Crippen LogP contribution in [0.3, 0.4) is 0 Å². The molecule has 21 heavy (non-hydrogen) atoms. The van der Waals surface area contributed by atoms with Crippen LogP contribution in [0.1, 0.15) is 61.8 Å². The summed E-state index contributed by atoms with van der Waals surface area (Å²) in [6.45, 7) is 2.37. The van der Waals surface area contributed by atoms with Gasteiger partial charge in [0.15, 0.2) is 5.76 Å². The number of carboxylic acids is 1. The fourth-order valence-electron chi connectivity index (χ4n) is 3.08. The molecule has 116 valence electrons. The van der Waals surface area contributed by atoms with Crippen molar-refractivity contribution in [1.29, 1.82) is 0 Å². The Balaban J connectivity index is 1.97. The van der Waals surface area contributed by atoms with E-state index in [4.69, 9.17) is 9.52 Å². The molecule has 1 aliphatic rings. The first kappa shape index (κ1) is 15.6. The molecule has 1 aromatic heterocycles. The second-order valence-electron chi connectivity index (χ2n) is 5.93. The third-order valence-electron chi connectivity index (χ3n) is 4.30. The van der Waals surface area contributed by atoms with E-state index in [0.29, 0.717) is 12.3 Å². The van der Waals surface area contributed by atoms with Crippen LogP contribution in [0.2, 0.25) is 0 Å². The minimum absolute atomic E-state index is 0.117. The quantitative estimate of drug-likeness (QED) is 0.845. The fraction of sp³-hybridized carbons (Fsp3) is 0.625. The number of hydrogen-bond donors (Lipinski definition) is 2. The zero-order valence-corrected chi connectivity index (χ0v) is 12.5. The van der Waals surface area contributed by atoms with Crippen molar-refractivity contribution < 1.29 is 19.1 Å². The number of aliphatic carboxylic acids is 1. The molecule has 1 heterocycles. The highest BCUT2D eigenvalue weighted by Crippen LogP contribution is 2.38. The monoisotopic (exact) mass is 293 g/mol. The topological polar surface area (TPSA) is 79.5 Å². The van der Waals surface area contributed by atoms with Crippen molar-refractivity contribution in [1.82, 2.24) is 5.32 Å². The van der Waals surface area contributed by atoms with Crippen LogP contribution in [0.4, 0.5) is 0 Å². The third kappa shape index (κ3) is 4.09. The lowest BCUT2D eigenvalue weighted by atomic mass is 9.71. The first-order valence-corrected chi connectivity index (χ1v) is 7.63. The van der Waals surface area contributed by atoms with Crippen LogP contribution in [0, 0.1) is 5.41 Å². The minimum atomic E-state index is -0.794. The second kappa shape index (κ2) is 6.78. The smallest absolute Gasteiger partial charge is 0.303 e. The molecule has 1 amide bonds. The number of amides is 1. The number of hydrogen-bond acceptors (Lipinski definition) is 3. The summed E-state index contributed by atoms with van der Waals surface area (Å²) < 4.78 is 5.42. The van der Waals surface area contributed by atoms with Crippen LogP contribution < -0.4 is 5.32 Å². The first-order valence-electron chi connectivity index (χ1n) is 7.63. The third-order valence-corrected chi connectivity index (χ3v) is 4.30. The molecule has 5 nitrogen and oxygen atoms in total. The summed E-state index contributed by atoms with van der Waals surface area (Å²) in [5, 5.41) is 12.0. The average molecular weight is 293 g/mol. The van der Waals surface area contributed by atoms with Crippen molar-refractivity contribution in [3.63, 3.8) is 0 Å². The standard InChI is InChI=1S/C16H23NO4/c1-2-12-6-7-13(21-12)15(20)17-11-16(10-14(18)19)8-4-3-5-9-16/h6-7H,2-5,8-11H2,1H3,(H,17,20)(H,18,19). The Labute approximate surface area is 124 Å². The predicted octanol–water partition coefficient (Wildman–Crippen LogP) is 3.00. The Hall–Kier alpha value is -1.78. The van der Waals surface area contributed by atoms with Crippen LogP contribution in [0.5, 0.6) is 0 Å². The molecule has 0 saturated heterocycles. The number of nitrogens with one attached hydrogen (secondary N) is 1. The lowest BCUT2D eigenvalue weighted by Gasteiger charge is -2.36. The summed E-state index contributed by atoms with van der Waals surface area (Å²) in [5.41, 5.74) is -0.306. The average Bonchev–Trinajstić information content (AvgIpc) is 2.94. The molecule has 0 unspecified atom stereocenters. The van der Waals surface area contributed by atoms with Gasteiger partial charge in [0.25, 0.3) is 5.91 Å². The van der Waals surface area contributed by atoms with Gasteiger partial charge in [-0.25, -0.2) is 0 Å². The maximum absolute atomic E-state index is 12.1. The normalized spacial score (nSPS) is 17.4. The van der Waals surface area contributed by atoms with Gasteiger partial charge in [0.05, 0.1) is 6.42 Å². The van der Waals surface area contributed by atoms with Crippen molar-refractivity contribution >= 4 is 11.9 Å². The molecule has 0 bridgehead atoms. The van der Waals surface area contributed by atoms with E-state index in [0.717, 1.165) is 44.3 Å². The first-order chi connectivity index (χ1) is 10.0. The van der Waals surface area contributed by atoms with Gasteiger partial charge in [0.1, 0.15) is 5.76 Å². The highest BCUT2D eigenvalue weighted by molar-refractivity contribution is 5.91. The maximum Gasteiger partial charge on any atom is 0.303 e. The number of carbonyl (C=O) groups excluding carboxylic acids is 1. The number of aryl methyl sites for hydroxylation is 1. The Bertz CT molecular complexity index is 500. The van der Waals surface area contributed by atoms with Crippen LogP contribution >= 0.6 is 0 Å². The molecule has 1 aliphatic carbocycles. The van der Waals surface area contributed by atoms with E-state index in [1.165, 1.54) is 0 Å². The number of furan rings is 1. The molecule has 2 rings (SSSR count). The predicted molar refractivity (Wildman–Crippen MR) is 78.2 cm³/mol. The molecule has 2 N–H and O–H groups in total. The summed E-state index contributed by atoms with van der Waals surface area (Å²) >= 11 is 0. The summed E-state index contributed by atoms with van der Waals surface area (Å²) in [4.78, 5) is 23.2. The van der Waals surface area contributed by atoms with Gasteiger partial charge in [-0.05, 0) is 30.4 Å². The second-order valence-corrected chi connectivity index (χ2v) is 5.93. The van der Waals surface area contributed by atoms with E-state index in [-0.39, 0.29) is 17.7 Å². The van der Waals surface area contributed by atoms with Crippen LogP contribution in [0.15, 0.2) is 16.5 Å². The number of carbonyl (C=O) groups is 2. The Morgan fingerprint density at radius 3 is 2.57 bits per heavy atom. The summed E-state index contributed by atoms with van der Waals surface area (Å²) in [6.07, 6.45) is 5.79. The minimum Gasteiger partial charge on any atom is -0.481 e. The van der Waals surface area contributed by atoms with Crippen molar-refractivity contribution in [2.24, 2.45) is 5.41 Å². The Kier molecular flexibility index (Phi) is 5.04. The van der Waals surface area contributed by atoms with Gasteiger partial charge < -0.3 is 14.8 Å². The molecular formula is C16H23NO4.